The number of anilines is 1. The monoisotopic (exact) mass is 392 g/mol. The van der Waals surface area contributed by atoms with Gasteiger partial charge in [0.15, 0.2) is 5.82 Å². The number of phenols is 1. The van der Waals surface area contributed by atoms with E-state index in [1.807, 2.05) is 6.07 Å². The molecule has 1 aliphatic heterocycles. The molecule has 0 radical (unpaired) electrons. The van der Waals surface area contributed by atoms with Crippen molar-refractivity contribution in [3.05, 3.63) is 34.9 Å². The van der Waals surface area contributed by atoms with E-state index in [4.69, 9.17) is 5.73 Å². The molecule has 1 aromatic heterocycles. The Morgan fingerprint density at radius 1 is 1.14 bits per heavy atom. The van der Waals surface area contributed by atoms with E-state index < -0.39 is 17.5 Å². The number of aromatic nitrogens is 2. The smallest absolute Gasteiger partial charge is 0.416 e. The van der Waals surface area contributed by atoms with Crippen LogP contribution in [-0.2, 0) is 12.6 Å². The number of fused-ring (bicyclic) bond motifs is 1. The maximum absolute atomic E-state index is 13.0. The topological polar surface area (TPSA) is 75.3 Å². The molecule has 0 bridgehead atoms. The van der Waals surface area contributed by atoms with Gasteiger partial charge in [0.05, 0.1) is 11.3 Å². The van der Waals surface area contributed by atoms with Gasteiger partial charge in [-0.1, -0.05) is 12.8 Å². The van der Waals surface area contributed by atoms with E-state index in [2.05, 4.69) is 15.1 Å². The molecule has 5 nitrogen and oxygen atoms in total. The number of aryl methyl sites for hydroxylation is 1. The Labute approximate surface area is 161 Å². The van der Waals surface area contributed by atoms with Crippen LogP contribution in [0.25, 0.3) is 11.3 Å². The number of benzene rings is 1. The van der Waals surface area contributed by atoms with Crippen molar-refractivity contribution in [3.8, 4) is 17.0 Å². The Morgan fingerprint density at radius 2 is 1.89 bits per heavy atom. The average molecular weight is 392 g/mol. The fourth-order valence-corrected chi connectivity index (χ4v) is 4.43. The molecular weight excluding hydrogens is 369 g/mol. The SMILES string of the molecule is Cc1cc(C(F)(F)F)cc(O)c1-c1cc2c(nn1)N([C@@H]1CCCC[C@H]1N)CC2. The molecule has 0 amide bonds. The van der Waals surface area contributed by atoms with Crippen molar-refractivity contribution in [1.29, 1.82) is 0 Å². The molecule has 28 heavy (non-hydrogen) atoms. The zero-order chi connectivity index (χ0) is 20.1. The standard InChI is InChI=1S/C20H23F3N4O/c1-11-8-13(20(21,22)23)10-17(28)18(11)15-9-12-6-7-27(19(12)26-25-15)16-5-3-2-4-14(16)24/h8-10,14,16,28H,2-7,24H2,1H3/t14-,16-/m1/s1. The summed E-state index contributed by atoms with van der Waals surface area (Å²) < 4.78 is 38.9. The number of rotatable bonds is 2. The first-order chi connectivity index (χ1) is 13.3. The molecule has 3 N–H and O–H groups in total. The number of phenolic OH excluding ortho intramolecular Hbond substituents is 1. The molecule has 1 aliphatic carbocycles. The van der Waals surface area contributed by atoms with Gasteiger partial charge in [0.2, 0.25) is 0 Å². The van der Waals surface area contributed by atoms with Crippen LogP contribution in [0.4, 0.5) is 19.0 Å². The summed E-state index contributed by atoms with van der Waals surface area (Å²) in [5.74, 6) is 0.362. The summed E-state index contributed by atoms with van der Waals surface area (Å²) in [6.07, 6.45) is 0.596. The minimum atomic E-state index is -4.51. The van der Waals surface area contributed by atoms with Crippen molar-refractivity contribution in [3.63, 3.8) is 0 Å². The van der Waals surface area contributed by atoms with Crippen LogP contribution in [0, 0.1) is 6.92 Å². The Bertz CT molecular complexity index is 877. The normalized spacial score (nSPS) is 22.4. The number of nitrogens with two attached hydrogens (primary N) is 1. The van der Waals surface area contributed by atoms with E-state index in [0.717, 1.165) is 62.2 Å². The van der Waals surface area contributed by atoms with Gasteiger partial charge in [0, 0.05) is 29.8 Å². The van der Waals surface area contributed by atoms with Gasteiger partial charge < -0.3 is 15.7 Å². The van der Waals surface area contributed by atoms with Crippen LogP contribution in [0.2, 0.25) is 0 Å². The highest BCUT2D eigenvalue weighted by Gasteiger charge is 2.34. The summed E-state index contributed by atoms with van der Waals surface area (Å²) >= 11 is 0. The first-order valence-corrected chi connectivity index (χ1v) is 9.55. The number of hydrogen-bond donors (Lipinski definition) is 2. The summed E-state index contributed by atoms with van der Waals surface area (Å²) in [6, 6.07) is 3.95. The number of alkyl halides is 3. The van der Waals surface area contributed by atoms with Crippen molar-refractivity contribution in [2.24, 2.45) is 5.73 Å². The predicted molar refractivity (Wildman–Crippen MR) is 100 cm³/mol. The lowest BCUT2D eigenvalue weighted by Crippen LogP contribution is -2.49. The Kier molecular flexibility index (Phi) is 4.69. The van der Waals surface area contributed by atoms with Gasteiger partial charge in [-0.3, -0.25) is 0 Å². The first-order valence-electron chi connectivity index (χ1n) is 9.55. The Hall–Kier alpha value is -2.35. The van der Waals surface area contributed by atoms with E-state index in [1.54, 1.807) is 0 Å². The molecule has 1 fully saturated rings. The second kappa shape index (κ2) is 6.92. The highest BCUT2D eigenvalue weighted by molar-refractivity contribution is 5.73. The van der Waals surface area contributed by atoms with Crippen molar-refractivity contribution in [2.75, 3.05) is 11.4 Å². The van der Waals surface area contributed by atoms with Crippen molar-refractivity contribution < 1.29 is 18.3 Å². The van der Waals surface area contributed by atoms with Crippen LogP contribution < -0.4 is 10.6 Å². The second-order valence-electron chi connectivity index (χ2n) is 7.72. The van der Waals surface area contributed by atoms with Gasteiger partial charge in [-0.2, -0.15) is 13.2 Å². The first kappa shape index (κ1) is 19.0. The average Bonchev–Trinajstić information content (AvgIpc) is 3.04. The van der Waals surface area contributed by atoms with Crippen molar-refractivity contribution in [2.45, 2.75) is 57.3 Å². The Balaban J connectivity index is 1.68. The van der Waals surface area contributed by atoms with Crippen molar-refractivity contribution >= 4 is 5.82 Å². The van der Waals surface area contributed by atoms with Gasteiger partial charge in [-0.05, 0) is 49.9 Å². The van der Waals surface area contributed by atoms with E-state index in [9.17, 15) is 18.3 Å². The van der Waals surface area contributed by atoms with Crippen LogP contribution in [0.3, 0.4) is 0 Å². The quantitative estimate of drug-likeness (QED) is 0.813. The summed E-state index contributed by atoms with van der Waals surface area (Å²) in [5.41, 5.74) is 7.41. The summed E-state index contributed by atoms with van der Waals surface area (Å²) in [7, 11) is 0. The maximum Gasteiger partial charge on any atom is 0.416 e. The molecule has 2 aromatic rings. The molecule has 2 heterocycles. The lowest BCUT2D eigenvalue weighted by Gasteiger charge is -2.36. The molecule has 1 aromatic carbocycles. The predicted octanol–water partition coefficient (Wildman–Crippen LogP) is 3.81. The van der Waals surface area contributed by atoms with Crippen LogP contribution in [0.5, 0.6) is 5.75 Å². The molecule has 2 aliphatic rings. The third-order valence-corrected chi connectivity index (χ3v) is 5.82. The molecule has 1 saturated carbocycles. The lowest BCUT2D eigenvalue weighted by atomic mass is 9.90. The van der Waals surface area contributed by atoms with E-state index in [-0.39, 0.29) is 17.6 Å². The molecule has 4 rings (SSSR count). The van der Waals surface area contributed by atoms with Crippen LogP contribution >= 0.6 is 0 Å². The number of hydrogen-bond acceptors (Lipinski definition) is 5. The maximum atomic E-state index is 13.0. The van der Waals surface area contributed by atoms with Crippen LogP contribution in [-0.4, -0.2) is 33.9 Å². The minimum Gasteiger partial charge on any atom is -0.507 e. The zero-order valence-corrected chi connectivity index (χ0v) is 15.6. The number of halogens is 3. The number of nitrogens with zero attached hydrogens (tertiary/aromatic N) is 3. The largest absolute Gasteiger partial charge is 0.507 e. The Morgan fingerprint density at radius 3 is 2.57 bits per heavy atom. The highest BCUT2D eigenvalue weighted by Crippen LogP contribution is 2.40. The van der Waals surface area contributed by atoms with Gasteiger partial charge >= 0.3 is 6.18 Å². The summed E-state index contributed by atoms with van der Waals surface area (Å²) in [5, 5.41) is 18.8. The van der Waals surface area contributed by atoms with Gasteiger partial charge in [0.25, 0.3) is 0 Å². The molecular formula is C20H23F3N4O. The third-order valence-electron chi connectivity index (χ3n) is 5.82. The van der Waals surface area contributed by atoms with E-state index >= 15 is 0 Å². The van der Waals surface area contributed by atoms with E-state index in [1.165, 1.54) is 6.92 Å². The minimum absolute atomic E-state index is 0.113. The summed E-state index contributed by atoms with van der Waals surface area (Å²) in [6.45, 7) is 2.34. The molecule has 0 unspecified atom stereocenters. The highest BCUT2D eigenvalue weighted by atomic mass is 19.4. The zero-order valence-electron chi connectivity index (χ0n) is 15.6. The third kappa shape index (κ3) is 3.30. The van der Waals surface area contributed by atoms with Gasteiger partial charge in [-0.25, -0.2) is 0 Å². The molecule has 8 heteroatoms. The lowest BCUT2D eigenvalue weighted by molar-refractivity contribution is -0.137. The molecule has 0 spiro atoms. The summed E-state index contributed by atoms with van der Waals surface area (Å²) in [4.78, 5) is 2.22. The number of aromatic hydroxyl groups is 1. The van der Waals surface area contributed by atoms with Gasteiger partial charge in [0.1, 0.15) is 5.75 Å². The molecule has 0 saturated heterocycles. The molecule has 2 atom stereocenters. The van der Waals surface area contributed by atoms with Crippen LogP contribution in [0.1, 0.15) is 42.4 Å². The fourth-order valence-electron chi connectivity index (χ4n) is 4.43. The second-order valence-corrected chi connectivity index (χ2v) is 7.72. The van der Waals surface area contributed by atoms with Gasteiger partial charge in [-0.15, -0.1) is 10.2 Å². The fraction of sp³-hybridized carbons (Fsp3) is 0.500. The van der Waals surface area contributed by atoms with Crippen molar-refractivity contribution in [1.82, 2.24) is 10.2 Å². The van der Waals surface area contributed by atoms with E-state index in [0.29, 0.717) is 11.3 Å². The molecule has 150 valence electrons. The van der Waals surface area contributed by atoms with Crippen LogP contribution in [0.15, 0.2) is 18.2 Å².